The van der Waals surface area contributed by atoms with Gasteiger partial charge in [-0.25, -0.2) is 8.42 Å². The van der Waals surface area contributed by atoms with Crippen molar-refractivity contribution in [3.63, 3.8) is 0 Å². The third-order valence-corrected chi connectivity index (χ3v) is 6.06. The van der Waals surface area contributed by atoms with Crippen molar-refractivity contribution < 1.29 is 8.42 Å². The van der Waals surface area contributed by atoms with Gasteiger partial charge in [0.2, 0.25) is 0 Å². The molecule has 0 fully saturated rings. The van der Waals surface area contributed by atoms with Crippen LogP contribution in [0, 0.1) is 0 Å². The third-order valence-electron chi connectivity index (χ3n) is 2.51. The highest BCUT2D eigenvalue weighted by Crippen LogP contribution is 2.23. The van der Waals surface area contributed by atoms with Crippen LogP contribution >= 0.6 is 22.9 Å². The largest absolute Gasteiger partial charge is 0.252 e. The predicted molar refractivity (Wildman–Crippen MR) is 74.4 cm³/mol. The molecule has 0 aliphatic heterocycles. The van der Waals surface area contributed by atoms with E-state index in [1.807, 2.05) is 18.2 Å². The number of rotatable bonds is 4. The zero-order valence-electron chi connectivity index (χ0n) is 9.71. The van der Waals surface area contributed by atoms with Gasteiger partial charge < -0.3 is 0 Å². The van der Waals surface area contributed by atoms with Crippen LogP contribution in [0.15, 0.2) is 46.0 Å². The average molecular weight is 302 g/mol. The number of halogens is 1. The molecule has 0 bridgehead atoms. The van der Waals surface area contributed by atoms with Crippen LogP contribution in [0.1, 0.15) is 5.56 Å². The summed E-state index contributed by atoms with van der Waals surface area (Å²) in [5.41, 5.74) is 0.793. The SMILES string of the molecule is CN(Cc1ccccc1Cl)S(=O)(=O)c1cccs1. The Labute approximate surface area is 116 Å². The normalized spacial score (nSPS) is 11.9. The van der Waals surface area contributed by atoms with Gasteiger partial charge in [0.05, 0.1) is 0 Å². The van der Waals surface area contributed by atoms with Crippen LogP contribution in [-0.2, 0) is 16.6 Å². The Morgan fingerprint density at radius 2 is 1.94 bits per heavy atom. The van der Waals surface area contributed by atoms with Crippen molar-refractivity contribution in [1.82, 2.24) is 4.31 Å². The lowest BCUT2D eigenvalue weighted by Gasteiger charge is -2.16. The summed E-state index contributed by atoms with van der Waals surface area (Å²) in [7, 11) is -1.86. The average Bonchev–Trinajstić information content (AvgIpc) is 2.86. The summed E-state index contributed by atoms with van der Waals surface area (Å²) in [5.74, 6) is 0. The van der Waals surface area contributed by atoms with Gasteiger partial charge in [-0.2, -0.15) is 4.31 Å². The smallest absolute Gasteiger partial charge is 0.206 e. The molecule has 0 N–H and O–H groups in total. The molecule has 0 amide bonds. The van der Waals surface area contributed by atoms with Crippen molar-refractivity contribution in [2.45, 2.75) is 10.8 Å². The van der Waals surface area contributed by atoms with Crippen molar-refractivity contribution >= 4 is 33.0 Å². The van der Waals surface area contributed by atoms with E-state index in [1.54, 1.807) is 30.6 Å². The fourth-order valence-electron chi connectivity index (χ4n) is 1.52. The lowest BCUT2D eigenvalue weighted by atomic mass is 10.2. The van der Waals surface area contributed by atoms with Crippen LogP contribution in [0.3, 0.4) is 0 Å². The molecule has 6 heteroatoms. The van der Waals surface area contributed by atoms with Gasteiger partial charge in [0.1, 0.15) is 4.21 Å². The Morgan fingerprint density at radius 1 is 1.22 bits per heavy atom. The minimum Gasteiger partial charge on any atom is -0.206 e. The Morgan fingerprint density at radius 3 is 2.56 bits per heavy atom. The van der Waals surface area contributed by atoms with E-state index in [2.05, 4.69) is 0 Å². The second kappa shape index (κ2) is 5.40. The Kier molecular flexibility index (Phi) is 4.07. The lowest BCUT2D eigenvalue weighted by Crippen LogP contribution is -2.25. The van der Waals surface area contributed by atoms with Crippen LogP contribution in [0.4, 0.5) is 0 Å². The van der Waals surface area contributed by atoms with Crippen molar-refractivity contribution in [2.24, 2.45) is 0 Å². The highest BCUT2D eigenvalue weighted by atomic mass is 35.5. The second-order valence-corrected chi connectivity index (χ2v) is 7.41. The number of thiophene rings is 1. The monoisotopic (exact) mass is 301 g/mol. The van der Waals surface area contributed by atoms with Crippen molar-refractivity contribution in [1.29, 1.82) is 0 Å². The van der Waals surface area contributed by atoms with E-state index in [0.29, 0.717) is 9.23 Å². The molecule has 1 heterocycles. The standard InChI is InChI=1S/C12H12ClNO2S2/c1-14(9-10-5-2-3-6-11(10)13)18(15,16)12-7-4-8-17-12/h2-8H,9H2,1H3. The molecule has 18 heavy (non-hydrogen) atoms. The van der Waals surface area contributed by atoms with Crippen LogP contribution < -0.4 is 0 Å². The van der Waals surface area contributed by atoms with E-state index in [1.165, 1.54) is 15.6 Å². The summed E-state index contributed by atoms with van der Waals surface area (Å²) < 4.78 is 26.1. The molecule has 2 rings (SSSR count). The lowest BCUT2D eigenvalue weighted by molar-refractivity contribution is 0.468. The Bertz CT molecular complexity index is 623. The highest BCUT2D eigenvalue weighted by Gasteiger charge is 2.22. The Balaban J connectivity index is 2.24. The minimum absolute atomic E-state index is 0.264. The van der Waals surface area contributed by atoms with Crippen molar-refractivity contribution in [2.75, 3.05) is 7.05 Å². The zero-order valence-corrected chi connectivity index (χ0v) is 12.1. The molecule has 0 unspecified atom stereocenters. The molecule has 0 aliphatic carbocycles. The topological polar surface area (TPSA) is 37.4 Å². The first-order valence-corrected chi connectivity index (χ1v) is 7.95. The van der Waals surface area contributed by atoms with Crippen molar-refractivity contribution in [3.8, 4) is 0 Å². The zero-order chi connectivity index (χ0) is 13.2. The maximum atomic E-state index is 12.2. The summed E-state index contributed by atoms with van der Waals surface area (Å²) in [5, 5.41) is 2.32. The van der Waals surface area contributed by atoms with Gasteiger partial charge in [0.15, 0.2) is 0 Å². The summed E-state index contributed by atoms with van der Waals surface area (Å²) in [6.45, 7) is 0.264. The Hall–Kier alpha value is -0.880. The van der Waals surface area contributed by atoms with E-state index in [-0.39, 0.29) is 6.54 Å². The van der Waals surface area contributed by atoms with Gasteiger partial charge in [0.25, 0.3) is 10.0 Å². The van der Waals surface area contributed by atoms with Gasteiger partial charge in [-0.1, -0.05) is 35.9 Å². The first-order valence-electron chi connectivity index (χ1n) is 5.25. The predicted octanol–water partition coefficient (Wildman–Crippen LogP) is 3.22. The molecular formula is C12H12ClNO2S2. The van der Waals surface area contributed by atoms with Crippen LogP contribution in [-0.4, -0.2) is 19.8 Å². The molecule has 0 radical (unpaired) electrons. The van der Waals surface area contributed by atoms with Crippen LogP contribution in [0.2, 0.25) is 5.02 Å². The second-order valence-electron chi connectivity index (χ2n) is 3.78. The molecule has 2 aromatic rings. The van der Waals surface area contributed by atoms with Gasteiger partial charge in [-0.05, 0) is 23.1 Å². The van der Waals surface area contributed by atoms with Gasteiger partial charge in [-0.15, -0.1) is 11.3 Å². The van der Waals surface area contributed by atoms with E-state index < -0.39 is 10.0 Å². The summed E-state index contributed by atoms with van der Waals surface area (Å²) in [6.07, 6.45) is 0. The molecule has 96 valence electrons. The van der Waals surface area contributed by atoms with Gasteiger partial charge in [-0.3, -0.25) is 0 Å². The summed E-state index contributed by atoms with van der Waals surface area (Å²) in [6, 6.07) is 10.6. The van der Waals surface area contributed by atoms with Gasteiger partial charge >= 0.3 is 0 Å². The van der Waals surface area contributed by atoms with Crippen LogP contribution in [0.5, 0.6) is 0 Å². The summed E-state index contributed by atoms with van der Waals surface area (Å²) >= 11 is 7.23. The fourth-order valence-corrected chi connectivity index (χ4v) is 4.06. The number of nitrogens with zero attached hydrogens (tertiary/aromatic N) is 1. The number of hydrogen-bond acceptors (Lipinski definition) is 3. The number of benzene rings is 1. The number of sulfonamides is 1. The highest BCUT2D eigenvalue weighted by molar-refractivity contribution is 7.91. The summed E-state index contributed by atoms with van der Waals surface area (Å²) in [4.78, 5) is 0. The number of hydrogen-bond donors (Lipinski definition) is 0. The van der Waals surface area contributed by atoms with E-state index in [4.69, 9.17) is 11.6 Å². The van der Waals surface area contributed by atoms with E-state index in [9.17, 15) is 8.42 Å². The molecule has 1 aromatic carbocycles. The maximum absolute atomic E-state index is 12.2. The first kappa shape index (κ1) is 13.5. The quantitative estimate of drug-likeness (QED) is 0.869. The van der Waals surface area contributed by atoms with E-state index >= 15 is 0 Å². The van der Waals surface area contributed by atoms with Crippen molar-refractivity contribution in [3.05, 3.63) is 52.4 Å². The molecular weight excluding hydrogens is 290 g/mol. The molecule has 3 nitrogen and oxygen atoms in total. The third kappa shape index (κ3) is 2.75. The molecule has 0 saturated carbocycles. The fraction of sp³-hybridized carbons (Fsp3) is 0.167. The van der Waals surface area contributed by atoms with Gasteiger partial charge in [0, 0.05) is 18.6 Å². The van der Waals surface area contributed by atoms with E-state index in [0.717, 1.165) is 5.56 Å². The minimum atomic E-state index is -3.42. The molecule has 0 aliphatic rings. The maximum Gasteiger partial charge on any atom is 0.252 e. The molecule has 0 atom stereocenters. The molecule has 0 saturated heterocycles. The van der Waals surface area contributed by atoms with Crippen LogP contribution in [0.25, 0.3) is 0 Å². The first-order chi connectivity index (χ1) is 8.51. The molecule has 0 spiro atoms. The molecule has 1 aromatic heterocycles.